The summed E-state index contributed by atoms with van der Waals surface area (Å²) in [6, 6.07) is 8.35. The van der Waals surface area contributed by atoms with Crippen LogP contribution >= 0.6 is 0 Å². The molecule has 1 N–H and O–H groups in total. The number of nitrogens with one attached hydrogen (secondary N) is 1. The summed E-state index contributed by atoms with van der Waals surface area (Å²) in [6.45, 7) is 19.3. The number of aryl methyl sites for hydroxylation is 1. The van der Waals surface area contributed by atoms with Gasteiger partial charge in [-0.2, -0.15) is 0 Å². The SMILES string of the molecule is C=C[C@H](Nc1ccc2c(ccn2C)c1)C(=C)O[Si](C)(C)C(C)(C)C. The molecular formula is C20H30N2OSi. The molecule has 0 unspecified atom stereocenters. The first-order valence-electron chi connectivity index (χ1n) is 8.37. The monoisotopic (exact) mass is 342 g/mol. The molecule has 0 aliphatic rings. The van der Waals surface area contributed by atoms with Crippen molar-refractivity contribution in [1.82, 2.24) is 4.57 Å². The highest BCUT2D eigenvalue weighted by Gasteiger charge is 2.39. The number of hydrogen-bond donors (Lipinski definition) is 1. The number of fused-ring (bicyclic) bond motifs is 1. The average molecular weight is 343 g/mol. The quantitative estimate of drug-likeness (QED) is 0.415. The Kier molecular flexibility index (Phi) is 4.99. The number of benzene rings is 1. The van der Waals surface area contributed by atoms with E-state index >= 15 is 0 Å². The maximum atomic E-state index is 6.33. The Morgan fingerprint density at radius 2 is 1.96 bits per heavy atom. The van der Waals surface area contributed by atoms with Crippen molar-refractivity contribution in [1.29, 1.82) is 0 Å². The molecule has 4 heteroatoms. The minimum atomic E-state index is -1.90. The minimum Gasteiger partial charge on any atom is -0.545 e. The van der Waals surface area contributed by atoms with Gasteiger partial charge < -0.3 is 14.3 Å². The highest BCUT2D eigenvalue weighted by Crippen LogP contribution is 2.38. The zero-order valence-electron chi connectivity index (χ0n) is 15.8. The van der Waals surface area contributed by atoms with E-state index in [4.69, 9.17) is 4.43 Å². The van der Waals surface area contributed by atoms with Crippen LogP contribution in [-0.4, -0.2) is 18.9 Å². The van der Waals surface area contributed by atoms with Crippen LogP contribution in [0.5, 0.6) is 0 Å². The number of aromatic nitrogens is 1. The van der Waals surface area contributed by atoms with Crippen LogP contribution in [0.1, 0.15) is 20.8 Å². The first kappa shape index (κ1) is 18.4. The summed E-state index contributed by atoms with van der Waals surface area (Å²) < 4.78 is 8.44. The second-order valence-electron chi connectivity index (χ2n) is 7.89. The maximum Gasteiger partial charge on any atom is 0.250 e. The van der Waals surface area contributed by atoms with Crippen molar-refractivity contribution in [2.24, 2.45) is 7.05 Å². The molecule has 0 aliphatic carbocycles. The van der Waals surface area contributed by atoms with Gasteiger partial charge in [0.1, 0.15) is 0 Å². The minimum absolute atomic E-state index is 0.111. The summed E-state index contributed by atoms with van der Waals surface area (Å²) in [4.78, 5) is 0. The van der Waals surface area contributed by atoms with Gasteiger partial charge in [-0.15, -0.1) is 6.58 Å². The second-order valence-corrected chi connectivity index (χ2v) is 12.6. The summed E-state index contributed by atoms with van der Waals surface area (Å²) in [5.74, 6) is 0.741. The molecule has 3 nitrogen and oxygen atoms in total. The van der Waals surface area contributed by atoms with Gasteiger partial charge in [0.25, 0.3) is 0 Å². The van der Waals surface area contributed by atoms with Crippen LogP contribution in [-0.2, 0) is 11.5 Å². The highest BCUT2D eigenvalue weighted by atomic mass is 28.4. The van der Waals surface area contributed by atoms with Crippen LogP contribution in [0, 0.1) is 0 Å². The molecule has 1 aromatic carbocycles. The predicted octanol–water partition coefficient (Wildman–Crippen LogP) is 5.68. The molecule has 0 radical (unpaired) electrons. The molecule has 0 saturated carbocycles. The molecule has 2 rings (SSSR count). The van der Waals surface area contributed by atoms with Gasteiger partial charge in [0.2, 0.25) is 8.32 Å². The average Bonchev–Trinajstić information content (AvgIpc) is 2.84. The predicted molar refractivity (Wildman–Crippen MR) is 108 cm³/mol. The second kappa shape index (κ2) is 6.52. The van der Waals surface area contributed by atoms with Gasteiger partial charge in [0, 0.05) is 29.8 Å². The van der Waals surface area contributed by atoms with Gasteiger partial charge in [-0.05, 0) is 42.4 Å². The number of anilines is 1. The van der Waals surface area contributed by atoms with Gasteiger partial charge in [-0.1, -0.05) is 33.4 Å². The van der Waals surface area contributed by atoms with Crippen molar-refractivity contribution in [2.75, 3.05) is 5.32 Å². The Balaban J connectivity index is 2.15. The van der Waals surface area contributed by atoms with Crippen molar-refractivity contribution in [3.05, 3.63) is 55.5 Å². The summed E-state index contributed by atoms with van der Waals surface area (Å²) in [6.07, 6.45) is 3.92. The van der Waals surface area contributed by atoms with E-state index in [2.05, 4.69) is 94.4 Å². The Morgan fingerprint density at radius 1 is 1.29 bits per heavy atom. The van der Waals surface area contributed by atoms with E-state index in [0.717, 1.165) is 11.4 Å². The van der Waals surface area contributed by atoms with E-state index in [1.54, 1.807) is 0 Å². The van der Waals surface area contributed by atoms with Crippen molar-refractivity contribution in [3.63, 3.8) is 0 Å². The third-order valence-corrected chi connectivity index (χ3v) is 9.37. The standard InChI is InChI=1S/C20H30N2OSi/c1-9-18(15(2)23-24(7,8)20(3,4)5)21-17-10-11-19-16(14-17)12-13-22(19)6/h9-14,18,21H,1-2H2,3-8H3/t18-/m0/s1. The van der Waals surface area contributed by atoms with Crippen LogP contribution in [0.2, 0.25) is 18.1 Å². The van der Waals surface area contributed by atoms with E-state index in [-0.39, 0.29) is 11.1 Å². The van der Waals surface area contributed by atoms with Crippen molar-refractivity contribution in [2.45, 2.75) is 44.9 Å². The Bertz CT molecular complexity index is 753. The number of nitrogens with zero attached hydrogens (tertiary/aromatic N) is 1. The number of hydrogen-bond acceptors (Lipinski definition) is 2. The van der Waals surface area contributed by atoms with Crippen LogP contribution in [0.15, 0.2) is 55.5 Å². The normalized spacial score (nSPS) is 13.6. The third kappa shape index (κ3) is 3.75. The zero-order chi connectivity index (χ0) is 18.1. The van der Waals surface area contributed by atoms with Crippen LogP contribution in [0.3, 0.4) is 0 Å². The first-order chi connectivity index (χ1) is 11.0. The molecule has 0 fully saturated rings. The molecule has 1 aromatic heterocycles. The fourth-order valence-electron chi connectivity index (χ4n) is 2.37. The smallest absolute Gasteiger partial charge is 0.250 e. The van der Waals surface area contributed by atoms with Crippen LogP contribution in [0.25, 0.3) is 10.9 Å². The molecule has 0 saturated heterocycles. The van der Waals surface area contributed by atoms with Crippen molar-refractivity contribution >= 4 is 24.9 Å². The number of rotatable bonds is 6. The fourth-order valence-corrected chi connectivity index (χ4v) is 3.45. The third-order valence-electron chi connectivity index (χ3n) is 4.98. The molecule has 0 amide bonds. The molecule has 1 heterocycles. The lowest BCUT2D eigenvalue weighted by Gasteiger charge is -2.38. The molecular weight excluding hydrogens is 312 g/mol. The maximum absolute atomic E-state index is 6.33. The van der Waals surface area contributed by atoms with Crippen LogP contribution in [0.4, 0.5) is 5.69 Å². The first-order valence-corrected chi connectivity index (χ1v) is 11.3. The van der Waals surface area contributed by atoms with E-state index in [1.165, 1.54) is 10.9 Å². The summed E-state index contributed by atoms with van der Waals surface area (Å²) in [5.41, 5.74) is 2.26. The summed E-state index contributed by atoms with van der Waals surface area (Å²) in [5, 5.41) is 4.83. The molecule has 0 bridgehead atoms. The van der Waals surface area contributed by atoms with E-state index in [1.807, 2.05) is 6.08 Å². The van der Waals surface area contributed by atoms with Gasteiger partial charge >= 0.3 is 0 Å². The molecule has 1 atom stereocenters. The van der Waals surface area contributed by atoms with Gasteiger partial charge in [-0.25, -0.2) is 0 Å². The van der Waals surface area contributed by atoms with Gasteiger partial charge in [0.05, 0.1) is 11.8 Å². The van der Waals surface area contributed by atoms with Gasteiger partial charge in [0.15, 0.2) is 0 Å². The highest BCUT2D eigenvalue weighted by molar-refractivity contribution is 6.74. The Morgan fingerprint density at radius 3 is 2.54 bits per heavy atom. The van der Waals surface area contributed by atoms with Crippen LogP contribution < -0.4 is 5.32 Å². The largest absolute Gasteiger partial charge is 0.545 e. The van der Waals surface area contributed by atoms with Gasteiger partial charge in [-0.3, -0.25) is 0 Å². The molecule has 0 aliphatic heterocycles. The molecule has 0 spiro atoms. The molecule has 130 valence electrons. The molecule has 2 aromatic rings. The molecule has 24 heavy (non-hydrogen) atoms. The zero-order valence-corrected chi connectivity index (χ0v) is 16.8. The Labute approximate surface area is 147 Å². The van der Waals surface area contributed by atoms with E-state index in [0.29, 0.717) is 0 Å². The lowest BCUT2D eigenvalue weighted by Crippen LogP contribution is -2.42. The van der Waals surface area contributed by atoms with E-state index < -0.39 is 8.32 Å². The Hall–Kier alpha value is -1.94. The van der Waals surface area contributed by atoms with Crippen molar-refractivity contribution < 1.29 is 4.43 Å². The topological polar surface area (TPSA) is 26.2 Å². The lowest BCUT2D eigenvalue weighted by atomic mass is 10.2. The lowest BCUT2D eigenvalue weighted by molar-refractivity contribution is 0.370. The van der Waals surface area contributed by atoms with Crippen molar-refractivity contribution in [3.8, 4) is 0 Å². The summed E-state index contributed by atoms with van der Waals surface area (Å²) >= 11 is 0. The fraction of sp³-hybridized carbons (Fsp3) is 0.400. The van der Waals surface area contributed by atoms with E-state index in [9.17, 15) is 0 Å². The summed E-state index contributed by atoms with van der Waals surface area (Å²) in [7, 11) is 0.157.